The van der Waals surface area contributed by atoms with Gasteiger partial charge in [-0.3, -0.25) is 5.01 Å². The Morgan fingerprint density at radius 3 is 2.33 bits per heavy atom. The Hall–Kier alpha value is -2.82. The highest BCUT2D eigenvalue weighted by Gasteiger charge is 2.19. The fourth-order valence-electron chi connectivity index (χ4n) is 3.55. The van der Waals surface area contributed by atoms with Crippen molar-refractivity contribution in [1.82, 2.24) is 5.01 Å². The standard InChI is InChI=1S/C25H26ClN3O/c26-25-9-5-4-8-23(25)19-28-14-16-29(17-15-28)27-18-21-10-12-24(13-11-21)30-20-22-6-2-1-3-7-22/h1-13,18H,14-17,19-20H2/p+1/b27-18+. The quantitative estimate of drug-likeness (QED) is 0.591. The minimum atomic E-state index is 0.578. The van der Waals surface area contributed by atoms with Crippen molar-refractivity contribution in [2.75, 3.05) is 26.2 Å². The summed E-state index contributed by atoms with van der Waals surface area (Å²) in [5.74, 6) is 0.868. The van der Waals surface area contributed by atoms with Crippen molar-refractivity contribution in [3.8, 4) is 5.75 Å². The predicted octanol–water partition coefficient (Wildman–Crippen LogP) is 3.65. The van der Waals surface area contributed by atoms with Crippen LogP contribution in [0.2, 0.25) is 5.02 Å². The Labute approximate surface area is 183 Å². The van der Waals surface area contributed by atoms with Gasteiger partial charge in [-0.1, -0.05) is 60.1 Å². The number of piperazine rings is 1. The van der Waals surface area contributed by atoms with Crippen LogP contribution in [0.25, 0.3) is 0 Å². The lowest BCUT2D eigenvalue weighted by atomic mass is 10.2. The largest absolute Gasteiger partial charge is 0.489 e. The summed E-state index contributed by atoms with van der Waals surface area (Å²) in [7, 11) is 0. The molecule has 30 heavy (non-hydrogen) atoms. The molecule has 0 aliphatic carbocycles. The Morgan fingerprint density at radius 1 is 0.900 bits per heavy atom. The molecule has 0 radical (unpaired) electrons. The van der Waals surface area contributed by atoms with Gasteiger partial charge in [-0.2, -0.15) is 5.10 Å². The molecule has 1 N–H and O–H groups in total. The van der Waals surface area contributed by atoms with E-state index in [-0.39, 0.29) is 0 Å². The second-order valence-corrected chi connectivity index (χ2v) is 7.97. The van der Waals surface area contributed by atoms with Crippen LogP contribution in [-0.4, -0.2) is 37.4 Å². The fraction of sp³-hybridized carbons (Fsp3) is 0.240. The fourth-order valence-corrected chi connectivity index (χ4v) is 3.76. The average Bonchev–Trinajstić information content (AvgIpc) is 2.80. The number of halogens is 1. The average molecular weight is 421 g/mol. The summed E-state index contributed by atoms with van der Waals surface area (Å²) in [4.78, 5) is 1.55. The minimum absolute atomic E-state index is 0.578. The summed E-state index contributed by atoms with van der Waals surface area (Å²) in [6.45, 7) is 5.59. The first kappa shape index (κ1) is 20.5. The van der Waals surface area contributed by atoms with Crippen molar-refractivity contribution >= 4 is 17.8 Å². The molecule has 5 heteroatoms. The summed E-state index contributed by atoms with van der Waals surface area (Å²) in [5.41, 5.74) is 3.47. The molecule has 0 saturated carbocycles. The Morgan fingerprint density at radius 2 is 1.60 bits per heavy atom. The number of rotatable bonds is 7. The number of quaternary nitrogens is 1. The van der Waals surface area contributed by atoms with Gasteiger partial charge in [0.1, 0.15) is 18.9 Å². The molecule has 4 nitrogen and oxygen atoms in total. The van der Waals surface area contributed by atoms with Gasteiger partial charge >= 0.3 is 0 Å². The maximum Gasteiger partial charge on any atom is 0.119 e. The lowest BCUT2D eigenvalue weighted by Gasteiger charge is -2.30. The zero-order valence-corrected chi connectivity index (χ0v) is 17.8. The zero-order chi connectivity index (χ0) is 20.6. The SMILES string of the molecule is Clc1ccccc1C[NH+]1CCN(/N=C/c2ccc(OCc3ccccc3)cc2)CC1. The summed E-state index contributed by atoms with van der Waals surface area (Å²) in [6, 6.07) is 26.4. The van der Waals surface area contributed by atoms with Crippen molar-refractivity contribution in [2.45, 2.75) is 13.2 Å². The van der Waals surface area contributed by atoms with Gasteiger partial charge < -0.3 is 9.64 Å². The van der Waals surface area contributed by atoms with E-state index in [9.17, 15) is 0 Å². The number of ether oxygens (including phenoxy) is 1. The number of benzene rings is 3. The molecule has 1 saturated heterocycles. The van der Waals surface area contributed by atoms with Gasteiger partial charge in [0.2, 0.25) is 0 Å². The molecule has 0 aromatic heterocycles. The Bertz CT molecular complexity index is 952. The van der Waals surface area contributed by atoms with E-state index < -0.39 is 0 Å². The van der Waals surface area contributed by atoms with E-state index in [1.165, 1.54) is 11.1 Å². The zero-order valence-electron chi connectivity index (χ0n) is 17.0. The minimum Gasteiger partial charge on any atom is -0.489 e. The van der Waals surface area contributed by atoms with E-state index in [1.807, 2.05) is 60.8 Å². The molecule has 3 aromatic rings. The highest BCUT2D eigenvalue weighted by Crippen LogP contribution is 2.14. The highest BCUT2D eigenvalue weighted by atomic mass is 35.5. The van der Waals surface area contributed by atoms with Crippen LogP contribution in [0, 0.1) is 0 Å². The van der Waals surface area contributed by atoms with Crippen LogP contribution in [0.5, 0.6) is 5.75 Å². The maximum atomic E-state index is 6.30. The number of nitrogens with zero attached hydrogens (tertiary/aromatic N) is 2. The molecule has 1 heterocycles. The summed E-state index contributed by atoms with van der Waals surface area (Å²) in [6.07, 6.45) is 1.93. The molecule has 4 rings (SSSR count). The first-order valence-corrected chi connectivity index (χ1v) is 10.8. The highest BCUT2D eigenvalue weighted by molar-refractivity contribution is 6.31. The van der Waals surface area contributed by atoms with Crippen LogP contribution in [-0.2, 0) is 13.2 Å². The molecular weight excluding hydrogens is 394 g/mol. The molecular formula is C25H27ClN3O+. The maximum absolute atomic E-state index is 6.30. The molecule has 154 valence electrons. The van der Waals surface area contributed by atoms with Crippen LogP contribution < -0.4 is 9.64 Å². The van der Waals surface area contributed by atoms with E-state index in [2.05, 4.69) is 34.4 Å². The van der Waals surface area contributed by atoms with E-state index in [4.69, 9.17) is 16.3 Å². The monoisotopic (exact) mass is 420 g/mol. The van der Waals surface area contributed by atoms with Crippen LogP contribution in [0.4, 0.5) is 0 Å². The third-order valence-electron chi connectivity index (χ3n) is 5.34. The third-order valence-corrected chi connectivity index (χ3v) is 5.71. The van der Waals surface area contributed by atoms with Crippen molar-refractivity contribution in [1.29, 1.82) is 0 Å². The van der Waals surface area contributed by atoms with Crippen LogP contribution >= 0.6 is 11.6 Å². The number of nitrogens with one attached hydrogen (secondary N) is 1. The van der Waals surface area contributed by atoms with Crippen molar-refractivity contribution in [3.63, 3.8) is 0 Å². The van der Waals surface area contributed by atoms with Crippen LogP contribution in [0.1, 0.15) is 16.7 Å². The van der Waals surface area contributed by atoms with Gasteiger partial charge in [-0.25, -0.2) is 0 Å². The number of hydrogen-bond donors (Lipinski definition) is 1. The van der Waals surface area contributed by atoms with E-state index in [1.54, 1.807) is 4.90 Å². The van der Waals surface area contributed by atoms with E-state index in [0.717, 1.165) is 49.1 Å². The lowest BCUT2D eigenvalue weighted by molar-refractivity contribution is -0.918. The predicted molar refractivity (Wildman–Crippen MR) is 122 cm³/mol. The molecule has 0 atom stereocenters. The van der Waals surface area contributed by atoms with Crippen molar-refractivity contribution < 1.29 is 9.64 Å². The van der Waals surface area contributed by atoms with E-state index in [0.29, 0.717) is 6.61 Å². The molecule has 0 spiro atoms. The van der Waals surface area contributed by atoms with Gasteiger partial charge in [0.05, 0.1) is 32.4 Å². The Balaban J connectivity index is 1.23. The van der Waals surface area contributed by atoms with Gasteiger partial charge in [0, 0.05) is 10.6 Å². The van der Waals surface area contributed by atoms with Crippen molar-refractivity contribution in [2.24, 2.45) is 5.10 Å². The summed E-state index contributed by atoms with van der Waals surface area (Å²) >= 11 is 6.30. The molecule has 3 aromatic carbocycles. The molecule has 0 amide bonds. The van der Waals surface area contributed by atoms with Gasteiger partial charge in [0.25, 0.3) is 0 Å². The third kappa shape index (κ3) is 5.85. The second-order valence-electron chi connectivity index (χ2n) is 7.56. The first-order valence-electron chi connectivity index (χ1n) is 10.4. The lowest BCUT2D eigenvalue weighted by Crippen LogP contribution is -3.13. The number of hydrogen-bond acceptors (Lipinski definition) is 3. The topological polar surface area (TPSA) is 29.3 Å². The van der Waals surface area contributed by atoms with Crippen LogP contribution in [0.3, 0.4) is 0 Å². The molecule has 1 fully saturated rings. The normalized spacial score (nSPS) is 14.9. The molecule has 1 aliphatic heterocycles. The Kier molecular flexibility index (Phi) is 7.01. The van der Waals surface area contributed by atoms with E-state index >= 15 is 0 Å². The molecule has 0 bridgehead atoms. The summed E-state index contributed by atoms with van der Waals surface area (Å²) < 4.78 is 5.84. The summed E-state index contributed by atoms with van der Waals surface area (Å²) in [5, 5.41) is 7.68. The second kappa shape index (κ2) is 10.3. The van der Waals surface area contributed by atoms with Gasteiger partial charge in [-0.05, 0) is 41.5 Å². The number of hydrazone groups is 1. The first-order chi connectivity index (χ1) is 14.8. The molecule has 0 unspecified atom stereocenters. The van der Waals surface area contributed by atoms with Crippen LogP contribution in [0.15, 0.2) is 84.0 Å². The van der Waals surface area contributed by atoms with Crippen molar-refractivity contribution in [3.05, 3.63) is 101 Å². The smallest absolute Gasteiger partial charge is 0.119 e. The van der Waals surface area contributed by atoms with Gasteiger partial charge in [0.15, 0.2) is 0 Å². The molecule has 1 aliphatic rings. The van der Waals surface area contributed by atoms with Gasteiger partial charge in [-0.15, -0.1) is 0 Å².